The Bertz CT molecular complexity index is 847. The summed E-state index contributed by atoms with van der Waals surface area (Å²) < 4.78 is 5.16. The Morgan fingerprint density at radius 3 is 2.68 bits per heavy atom. The Kier molecular flexibility index (Phi) is 5.42. The third-order valence-corrected chi connectivity index (χ3v) is 3.91. The van der Waals surface area contributed by atoms with Crippen molar-refractivity contribution in [2.75, 3.05) is 12.4 Å². The second-order valence-corrected chi connectivity index (χ2v) is 5.71. The highest BCUT2D eigenvalue weighted by Gasteiger charge is 2.07. The van der Waals surface area contributed by atoms with E-state index >= 15 is 0 Å². The molecule has 3 rings (SSSR count). The number of benzene rings is 2. The number of carbonyl (C=O) groups excluding carboxylic acids is 1. The van der Waals surface area contributed by atoms with Gasteiger partial charge in [0.05, 0.1) is 7.11 Å². The highest BCUT2D eigenvalue weighted by molar-refractivity contribution is 6.04. The van der Waals surface area contributed by atoms with Crippen LogP contribution in [0.2, 0.25) is 0 Å². The standard InChI is InChI=1S/C21H20N2O2/c1-25-20-10-5-7-17(15-20)21(24)23-19-9-4-6-16(14-19)11-12-18-8-2-3-13-22-18/h2-10,13-15H,11-12H2,1H3,(H,23,24). The van der Waals surface area contributed by atoms with E-state index in [9.17, 15) is 4.79 Å². The molecule has 0 unspecified atom stereocenters. The number of aromatic nitrogens is 1. The number of nitrogens with zero attached hydrogens (tertiary/aromatic N) is 1. The third-order valence-electron chi connectivity index (χ3n) is 3.91. The number of amides is 1. The lowest BCUT2D eigenvalue weighted by molar-refractivity contribution is 0.102. The van der Waals surface area contributed by atoms with E-state index in [1.807, 2.05) is 42.5 Å². The molecule has 126 valence electrons. The van der Waals surface area contributed by atoms with Gasteiger partial charge in [0.2, 0.25) is 0 Å². The van der Waals surface area contributed by atoms with Gasteiger partial charge in [0, 0.05) is 23.1 Å². The first kappa shape index (κ1) is 16.7. The molecule has 0 radical (unpaired) electrons. The normalized spacial score (nSPS) is 10.3. The fraction of sp³-hybridized carbons (Fsp3) is 0.143. The van der Waals surface area contributed by atoms with Crippen molar-refractivity contribution in [3.8, 4) is 5.75 Å². The second-order valence-electron chi connectivity index (χ2n) is 5.71. The minimum absolute atomic E-state index is 0.152. The van der Waals surface area contributed by atoms with Gasteiger partial charge in [-0.05, 0) is 60.9 Å². The van der Waals surface area contributed by atoms with E-state index in [-0.39, 0.29) is 5.91 Å². The largest absolute Gasteiger partial charge is 0.497 e. The number of hydrogen-bond acceptors (Lipinski definition) is 3. The number of hydrogen-bond donors (Lipinski definition) is 1. The molecule has 0 saturated carbocycles. The first-order valence-corrected chi connectivity index (χ1v) is 8.19. The number of aryl methyl sites for hydroxylation is 2. The van der Waals surface area contributed by atoms with E-state index in [0.717, 1.165) is 29.8 Å². The fourth-order valence-electron chi connectivity index (χ4n) is 2.59. The molecule has 4 heteroatoms. The van der Waals surface area contributed by atoms with E-state index in [2.05, 4.69) is 16.4 Å². The van der Waals surface area contributed by atoms with Crippen molar-refractivity contribution in [3.63, 3.8) is 0 Å². The number of anilines is 1. The van der Waals surface area contributed by atoms with Crippen molar-refractivity contribution >= 4 is 11.6 Å². The maximum absolute atomic E-state index is 12.4. The van der Waals surface area contributed by atoms with Gasteiger partial charge in [0.25, 0.3) is 5.91 Å². The summed E-state index contributed by atoms with van der Waals surface area (Å²) in [5, 5.41) is 2.94. The predicted octanol–water partition coefficient (Wildman–Crippen LogP) is 4.13. The monoisotopic (exact) mass is 332 g/mol. The van der Waals surface area contributed by atoms with Crippen LogP contribution in [0.1, 0.15) is 21.6 Å². The lowest BCUT2D eigenvalue weighted by Gasteiger charge is -2.08. The van der Waals surface area contributed by atoms with Crippen molar-refractivity contribution in [2.24, 2.45) is 0 Å². The van der Waals surface area contributed by atoms with Gasteiger partial charge in [-0.2, -0.15) is 0 Å². The topological polar surface area (TPSA) is 51.2 Å². The molecule has 0 aliphatic rings. The van der Waals surface area contributed by atoms with Gasteiger partial charge in [-0.15, -0.1) is 0 Å². The lowest BCUT2D eigenvalue weighted by Crippen LogP contribution is -2.12. The summed E-state index contributed by atoms with van der Waals surface area (Å²) in [6, 6.07) is 20.9. The number of methoxy groups -OCH3 is 1. The van der Waals surface area contributed by atoms with Crippen LogP contribution in [-0.4, -0.2) is 18.0 Å². The summed E-state index contributed by atoms with van der Waals surface area (Å²) in [7, 11) is 1.59. The predicted molar refractivity (Wildman–Crippen MR) is 99.0 cm³/mol. The summed E-state index contributed by atoms with van der Waals surface area (Å²) in [4.78, 5) is 16.7. The van der Waals surface area contributed by atoms with Crippen LogP contribution >= 0.6 is 0 Å². The van der Waals surface area contributed by atoms with Gasteiger partial charge in [-0.3, -0.25) is 9.78 Å². The van der Waals surface area contributed by atoms with Crippen LogP contribution in [0, 0.1) is 0 Å². The molecule has 1 aromatic heterocycles. The number of ether oxygens (including phenoxy) is 1. The Morgan fingerprint density at radius 1 is 1.00 bits per heavy atom. The highest BCUT2D eigenvalue weighted by atomic mass is 16.5. The van der Waals surface area contributed by atoms with Gasteiger partial charge in [0.1, 0.15) is 5.75 Å². The van der Waals surface area contributed by atoms with Gasteiger partial charge in [0.15, 0.2) is 0 Å². The molecule has 2 aromatic carbocycles. The average Bonchev–Trinajstić information content (AvgIpc) is 2.67. The maximum Gasteiger partial charge on any atom is 0.255 e. The van der Waals surface area contributed by atoms with E-state index < -0.39 is 0 Å². The third kappa shape index (κ3) is 4.67. The zero-order valence-electron chi connectivity index (χ0n) is 14.1. The first-order valence-electron chi connectivity index (χ1n) is 8.19. The van der Waals surface area contributed by atoms with E-state index in [1.54, 1.807) is 31.5 Å². The van der Waals surface area contributed by atoms with Crippen molar-refractivity contribution in [2.45, 2.75) is 12.8 Å². The zero-order chi connectivity index (χ0) is 17.5. The number of carbonyl (C=O) groups is 1. The van der Waals surface area contributed by atoms with Gasteiger partial charge in [-0.1, -0.05) is 24.3 Å². The molecule has 3 aromatic rings. The van der Waals surface area contributed by atoms with Crippen LogP contribution < -0.4 is 10.1 Å². The highest BCUT2D eigenvalue weighted by Crippen LogP contribution is 2.16. The molecule has 0 atom stereocenters. The van der Waals surface area contributed by atoms with E-state index in [0.29, 0.717) is 11.3 Å². The smallest absolute Gasteiger partial charge is 0.255 e. The number of rotatable bonds is 6. The summed E-state index contributed by atoms with van der Waals surface area (Å²) in [5.74, 6) is 0.512. The summed E-state index contributed by atoms with van der Waals surface area (Å²) >= 11 is 0. The second kappa shape index (κ2) is 8.11. The van der Waals surface area contributed by atoms with E-state index in [1.165, 1.54) is 0 Å². The summed E-state index contributed by atoms with van der Waals surface area (Å²) in [6.45, 7) is 0. The van der Waals surface area contributed by atoms with Crippen LogP contribution in [-0.2, 0) is 12.8 Å². The van der Waals surface area contributed by atoms with E-state index in [4.69, 9.17) is 4.74 Å². The van der Waals surface area contributed by atoms with Gasteiger partial charge in [-0.25, -0.2) is 0 Å². The molecule has 0 spiro atoms. The first-order chi connectivity index (χ1) is 12.2. The van der Waals surface area contributed by atoms with Crippen LogP contribution in [0.4, 0.5) is 5.69 Å². The Morgan fingerprint density at radius 2 is 1.88 bits per heavy atom. The molecular weight excluding hydrogens is 312 g/mol. The quantitative estimate of drug-likeness (QED) is 0.738. The summed E-state index contributed by atoms with van der Waals surface area (Å²) in [5.41, 5.74) is 3.58. The lowest BCUT2D eigenvalue weighted by atomic mass is 10.1. The Balaban J connectivity index is 1.65. The van der Waals surface area contributed by atoms with Gasteiger partial charge >= 0.3 is 0 Å². The minimum atomic E-state index is -0.152. The molecule has 1 amide bonds. The zero-order valence-corrected chi connectivity index (χ0v) is 14.1. The van der Waals surface area contributed by atoms with Crippen molar-refractivity contribution in [1.82, 2.24) is 4.98 Å². The molecular formula is C21H20N2O2. The summed E-state index contributed by atoms with van der Waals surface area (Å²) in [6.07, 6.45) is 3.55. The minimum Gasteiger partial charge on any atom is -0.497 e. The molecule has 1 heterocycles. The molecule has 0 saturated heterocycles. The fourth-order valence-corrected chi connectivity index (χ4v) is 2.59. The molecule has 0 aliphatic heterocycles. The molecule has 0 fully saturated rings. The molecule has 1 N–H and O–H groups in total. The number of nitrogens with one attached hydrogen (secondary N) is 1. The van der Waals surface area contributed by atoms with Crippen molar-refractivity contribution in [3.05, 3.63) is 89.7 Å². The van der Waals surface area contributed by atoms with Crippen LogP contribution in [0.25, 0.3) is 0 Å². The van der Waals surface area contributed by atoms with Crippen LogP contribution in [0.5, 0.6) is 5.75 Å². The maximum atomic E-state index is 12.4. The Labute approximate surface area is 147 Å². The van der Waals surface area contributed by atoms with Gasteiger partial charge < -0.3 is 10.1 Å². The number of pyridine rings is 1. The Hall–Kier alpha value is -3.14. The van der Waals surface area contributed by atoms with Crippen LogP contribution in [0.3, 0.4) is 0 Å². The molecule has 0 bridgehead atoms. The van der Waals surface area contributed by atoms with Crippen molar-refractivity contribution < 1.29 is 9.53 Å². The molecule has 4 nitrogen and oxygen atoms in total. The SMILES string of the molecule is COc1cccc(C(=O)Nc2cccc(CCc3ccccn3)c2)c1. The van der Waals surface area contributed by atoms with Crippen LogP contribution in [0.15, 0.2) is 72.9 Å². The molecule has 0 aliphatic carbocycles. The molecule has 25 heavy (non-hydrogen) atoms. The average molecular weight is 332 g/mol. The van der Waals surface area contributed by atoms with Crippen molar-refractivity contribution in [1.29, 1.82) is 0 Å².